The molecule has 1 aromatic heterocycles. The number of carboxylic acids is 1. The molecule has 3 rings (SSSR count). The Kier molecular flexibility index (Phi) is 2.18. The maximum atomic E-state index is 11.1. The number of anilines is 1. The van der Waals surface area contributed by atoms with E-state index in [0.29, 0.717) is 11.6 Å². The summed E-state index contributed by atoms with van der Waals surface area (Å²) in [5.74, 6) is -0.243. The second kappa shape index (κ2) is 3.69. The van der Waals surface area contributed by atoms with Crippen LogP contribution in [-0.2, 0) is 0 Å². The van der Waals surface area contributed by atoms with Crippen molar-refractivity contribution in [2.45, 2.75) is 18.9 Å². The molecule has 1 fully saturated rings. The zero-order valence-electron chi connectivity index (χ0n) is 9.05. The second-order valence-electron chi connectivity index (χ2n) is 4.15. The minimum absolute atomic E-state index is 0.212. The van der Waals surface area contributed by atoms with Gasteiger partial charge in [-0.2, -0.15) is 0 Å². The van der Waals surface area contributed by atoms with Gasteiger partial charge in [-0.3, -0.25) is 0 Å². The molecule has 2 N–H and O–H groups in total. The number of carboxylic acid groups (broad SMARTS) is 1. The molecule has 1 aliphatic rings. The Morgan fingerprint density at radius 2 is 2.18 bits per heavy atom. The lowest BCUT2D eigenvalue weighted by Gasteiger charge is -2.07. The van der Waals surface area contributed by atoms with Crippen molar-refractivity contribution in [2.24, 2.45) is 0 Å². The molecule has 0 aliphatic heterocycles. The van der Waals surface area contributed by atoms with Crippen LogP contribution in [0.2, 0.25) is 0 Å². The summed E-state index contributed by atoms with van der Waals surface area (Å²) in [6, 6.07) is 5.58. The highest BCUT2D eigenvalue weighted by atomic mass is 16.4. The number of hydrogen-bond donors (Lipinski definition) is 2. The Balaban J connectivity index is 2.17. The highest BCUT2D eigenvalue weighted by molar-refractivity contribution is 6.04. The molecule has 0 spiro atoms. The van der Waals surface area contributed by atoms with Gasteiger partial charge in [0.2, 0.25) is 0 Å². The molecule has 5 heteroatoms. The molecule has 1 aliphatic carbocycles. The van der Waals surface area contributed by atoms with Crippen LogP contribution in [0, 0.1) is 0 Å². The summed E-state index contributed by atoms with van der Waals surface area (Å²) in [6.07, 6.45) is 3.69. The lowest BCUT2D eigenvalue weighted by atomic mass is 10.1. The van der Waals surface area contributed by atoms with E-state index in [0.717, 1.165) is 24.0 Å². The van der Waals surface area contributed by atoms with Gasteiger partial charge in [0.25, 0.3) is 0 Å². The average molecular weight is 229 g/mol. The normalized spacial score (nSPS) is 14.8. The molecule has 1 saturated carbocycles. The van der Waals surface area contributed by atoms with Crippen molar-refractivity contribution in [1.29, 1.82) is 0 Å². The smallest absolute Gasteiger partial charge is 0.337 e. The Morgan fingerprint density at radius 3 is 2.88 bits per heavy atom. The fraction of sp³-hybridized carbons (Fsp3) is 0.250. The van der Waals surface area contributed by atoms with Gasteiger partial charge in [0.15, 0.2) is 0 Å². The third-order valence-corrected chi connectivity index (χ3v) is 2.81. The summed E-state index contributed by atoms with van der Waals surface area (Å²) >= 11 is 0. The minimum atomic E-state index is -0.966. The summed E-state index contributed by atoms with van der Waals surface area (Å²) in [5, 5.41) is 13.1. The fourth-order valence-electron chi connectivity index (χ4n) is 1.80. The van der Waals surface area contributed by atoms with Gasteiger partial charge in [-0.05, 0) is 25.0 Å². The van der Waals surface area contributed by atoms with E-state index in [1.165, 1.54) is 6.33 Å². The van der Waals surface area contributed by atoms with Crippen molar-refractivity contribution in [3.05, 3.63) is 30.1 Å². The van der Waals surface area contributed by atoms with Crippen LogP contribution in [0.5, 0.6) is 0 Å². The van der Waals surface area contributed by atoms with Gasteiger partial charge in [-0.1, -0.05) is 6.07 Å². The van der Waals surface area contributed by atoms with E-state index in [1.807, 2.05) is 6.07 Å². The number of fused-ring (bicyclic) bond motifs is 1. The quantitative estimate of drug-likeness (QED) is 0.840. The molecule has 0 radical (unpaired) electrons. The molecule has 1 heterocycles. The molecule has 0 amide bonds. The number of aromatic nitrogens is 2. The summed E-state index contributed by atoms with van der Waals surface area (Å²) in [5.41, 5.74) is 0.696. The van der Waals surface area contributed by atoms with E-state index in [9.17, 15) is 4.79 Å². The number of nitrogens with zero attached hydrogens (tertiary/aromatic N) is 2. The molecular formula is C12H11N3O2. The van der Waals surface area contributed by atoms with E-state index in [2.05, 4.69) is 15.3 Å². The average Bonchev–Trinajstić information content (AvgIpc) is 3.12. The highest BCUT2D eigenvalue weighted by Gasteiger charge is 2.22. The fourth-order valence-corrected chi connectivity index (χ4v) is 1.80. The topological polar surface area (TPSA) is 75.1 Å². The third-order valence-electron chi connectivity index (χ3n) is 2.81. The summed E-state index contributed by atoms with van der Waals surface area (Å²) in [7, 11) is 0. The highest BCUT2D eigenvalue weighted by Crippen LogP contribution is 2.28. The first-order valence-electron chi connectivity index (χ1n) is 5.49. The maximum absolute atomic E-state index is 11.1. The Morgan fingerprint density at radius 1 is 1.35 bits per heavy atom. The molecular weight excluding hydrogens is 218 g/mol. The molecule has 1 aromatic carbocycles. The van der Waals surface area contributed by atoms with Crippen molar-refractivity contribution in [1.82, 2.24) is 9.97 Å². The van der Waals surface area contributed by atoms with Gasteiger partial charge in [-0.25, -0.2) is 14.8 Å². The molecule has 17 heavy (non-hydrogen) atoms. The predicted molar refractivity (Wildman–Crippen MR) is 63.1 cm³/mol. The molecule has 0 unspecified atom stereocenters. The first-order valence-corrected chi connectivity index (χ1v) is 5.49. The number of rotatable bonds is 3. The maximum Gasteiger partial charge on any atom is 0.337 e. The molecule has 5 nitrogen and oxygen atoms in total. The Labute approximate surface area is 97.5 Å². The second-order valence-corrected chi connectivity index (χ2v) is 4.15. The zero-order chi connectivity index (χ0) is 11.8. The van der Waals surface area contributed by atoms with Gasteiger partial charge < -0.3 is 10.4 Å². The lowest BCUT2D eigenvalue weighted by molar-refractivity contribution is 0.0699. The van der Waals surface area contributed by atoms with Crippen LogP contribution in [0.4, 0.5) is 5.82 Å². The van der Waals surface area contributed by atoms with E-state index >= 15 is 0 Å². The number of benzene rings is 1. The standard InChI is InChI=1S/C12H11N3O2/c16-12(17)9-3-1-2-8-10(9)13-6-14-11(8)15-7-4-5-7/h1-3,6-7H,4-5H2,(H,16,17)(H,13,14,15). The van der Waals surface area contributed by atoms with E-state index in [1.54, 1.807) is 12.1 Å². The van der Waals surface area contributed by atoms with Gasteiger partial charge in [0, 0.05) is 11.4 Å². The molecule has 0 bridgehead atoms. The number of aromatic carboxylic acids is 1. The predicted octanol–water partition coefficient (Wildman–Crippen LogP) is 1.90. The van der Waals surface area contributed by atoms with Crippen LogP contribution in [0.1, 0.15) is 23.2 Å². The molecule has 0 atom stereocenters. The van der Waals surface area contributed by atoms with Gasteiger partial charge in [0.05, 0.1) is 11.1 Å². The van der Waals surface area contributed by atoms with Crippen LogP contribution >= 0.6 is 0 Å². The van der Waals surface area contributed by atoms with Crippen LogP contribution in [0.15, 0.2) is 24.5 Å². The van der Waals surface area contributed by atoms with Crippen LogP contribution < -0.4 is 5.32 Å². The van der Waals surface area contributed by atoms with E-state index in [-0.39, 0.29) is 5.56 Å². The van der Waals surface area contributed by atoms with Crippen LogP contribution in [-0.4, -0.2) is 27.1 Å². The van der Waals surface area contributed by atoms with Crippen molar-refractivity contribution in [2.75, 3.05) is 5.32 Å². The number of hydrogen-bond acceptors (Lipinski definition) is 4. The van der Waals surface area contributed by atoms with Gasteiger partial charge in [0.1, 0.15) is 12.1 Å². The third kappa shape index (κ3) is 1.80. The Bertz CT molecular complexity index is 593. The van der Waals surface area contributed by atoms with Crippen molar-refractivity contribution in [3.8, 4) is 0 Å². The minimum Gasteiger partial charge on any atom is -0.478 e. The van der Waals surface area contributed by atoms with Gasteiger partial charge in [-0.15, -0.1) is 0 Å². The van der Waals surface area contributed by atoms with Crippen molar-refractivity contribution < 1.29 is 9.90 Å². The SMILES string of the molecule is O=C(O)c1cccc2c(NC3CC3)ncnc12. The number of para-hydroxylation sites is 1. The van der Waals surface area contributed by atoms with Gasteiger partial charge >= 0.3 is 5.97 Å². The first kappa shape index (κ1) is 10.0. The van der Waals surface area contributed by atoms with Crippen LogP contribution in [0.25, 0.3) is 10.9 Å². The monoisotopic (exact) mass is 229 g/mol. The number of carbonyl (C=O) groups is 1. The Hall–Kier alpha value is -2.17. The molecule has 2 aromatic rings. The van der Waals surface area contributed by atoms with Crippen LogP contribution in [0.3, 0.4) is 0 Å². The number of nitrogens with one attached hydrogen (secondary N) is 1. The summed E-state index contributed by atoms with van der Waals surface area (Å²) in [4.78, 5) is 19.3. The van der Waals surface area contributed by atoms with Crippen molar-refractivity contribution in [3.63, 3.8) is 0 Å². The first-order chi connectivity index (χ1) is 8.25. The lowest BCUT2D eigenvalue weighted by Crippen LogP contribution is -2.06. The summed E-state index contributed by atoms with van der Waals surface area (Å²) < 4.78 is 0. The largest absolute Gasteiger partial charge is 0.478 e. The summed E-state index contributed by atoms with van der Waals surface area (Å²) in [6.45, 7) is 0. The van der Waals surface area contributed by atoms with E-state index < -0.39 is 5.97 Å². The van der Waals surface area contributed by atoms with E-state index in [4.69, 9.17) is 5.11 Å². The van der Waals surface area contributed by atoms with Crippen molar-refractivity contribution >= 4 is 22.7 Å². The molecule has 86 valence electrons. The molecule has 0 saturated heterocycles. The zero-order valence-corrected chi connectivity index (χ0v) is 9.05.